The van der Waals surface area contributed by atoms with Crippen molar-refractivity contribution in [1.82, 2.24) is 10.2 Å². The van der Waals surface area contributed by atoms with Gasteiger partial charge in [0.25, 0.3) is 10.1 Å². The van der Waals surface area contributed by atoms with Gasteiger partial charge in [-0.15, -0.1) is 0 Å². The van der Waals surface area contributed by atoms with Crippen LogP contribution in [0.4, 0.5) is 0 Å². The largest absolute Gasteiger partial charge is 0.493 e. The van der Waals surface area contributed by atoms with Crippen LogP contribution >= 0.6 is 31.9 Å². The average molecular weight is 865 g/mol. The third-order valence-electron chi connectivity index (χ3n) is 9.15. The van der Waals surface area contributed by atoms with E-state index in [-0.39, 0.29) is 10.6 Å². The van der Waals surface area contributed by atoms with Gasteiger partial charge in [-0.3, -0.25) is 4.55 Å². The number of benzene rings is 4. The molecule has 1 heterocycles. The van der Waals surface area contributed by atoms with Crippen LogP contribution in [0.5, 0.6) is 46.0 Å². The molecule has 0 unspecified atom stereocenters. The van der Waals surface area contributed by atoms with E-state index in [0.29, 0.717) is 56.8 Å². The molecule has 0 bridgehead atoms. The van der Waals surface area contributed by atoms with Gasteiger partial charge in [-0.05, 0) is 137 Å². The lowest BCUT2D eigenvalue weighted by Crippen LogP contribution is -2.27. The van der Waals surface area contributed by atoms with E-state index in [9.17, 15) is 13.0 Å². The quantitative estimate of drug-likeness (QED) is 0.113. The molecule has 4 aromatic rings. The molecular weight excluding hydrogens is 820 g/mol. The molecule has 280 valence electrons. The molecule has 0 aromatic heterocycles. The molecule has 0 atom stereocenters. The first-order valence-electron chi connectivity index (χ1n) is 16.6. The SMILES string of the molecule is CNCCc1cc(OC)c(Oc2c3c(c(Br)c(OC)c2OC)CCN(C)C3)cc1CCc1ccc(Oc2c(OC)cc(S(=O)(=O)O)c(C)c2Br)cc1. The fraction of sp³-hybridized carbons (Fsp3) is 0.368. The molecule has 0 saturated heterocycles. The van der Waals surface area contributed by atoms with Gasteiger partial charge in [0, 0.05) is 24.7 Å². The molecule has 1 aliphatic rings. The fourth-order valence-electron chi connectivity index (χ4n) is 6.34. The van der Waals surface area contributed by atoms with Gasteiger partial charge in [0.15, 0.2) is 34.5 Å². The number of nitrogens with one attached hydrogen (secondary N) is 1. The summed E-state index contributed by atoms with van der Waals surface area (Å²) in [7, 11) is 5.86. The topological polar surface area (TPSA) is 125 Å². The van der Waals surface area contributed by atoms with E-state index in [2.05, 4.69) is 61.3 Å². The van der Waals surface area contributed by atoms with Crippen LogP contribution in [0.15, 0.2) is 56.3 Å². The number of fused-ring (bicyclic) bond motifs is 1. The second-order valence-corrected chi connectivity index (χ2v) is 15.4. The van der Waals surface area contributed by atoms with Gasteiger partial charge in [-0.1, -0.05) is 12.1 Å². The highest BCUT2D eigenvalue weighted by Gasteiger charge is 2.30. The zero-order valence-corrected chi connectivity index (χ0v) is 34.3. The lowest BCUT2D eigenvalue weighted by atomic mass is 9.96. The Labute approximate surface area is 322 Å². The summed E-state index contributed by atoms with van der Waals surface area (Å²) in [5, 5.41) is 3.25. The van der Waals surface area contributed by atoms with Crippen molar-refractivity contribution < 1.29 is 41.4 Å². The summed E-state index contributed by atoms with van der Waals surface area (Å²) in [6.45, 7) is 3.97. The number of hydrogen-bond donors (Lipinski definition) is 2. The Morgan fingerprint density at radius 3 is 2.04 bits per heavy atom. The molecule has 0 aliphatic carbocycles. The normalized spacial score (nSPS) is 13.0. The zero-order chi connectivity index (χ0) is 37.7. The van der Waals surface area contributed by atoms with Gasteiger partial charge < -0.3 is 38.6 Å². The summed E-state index contributed by atoms with van der Waals surface area (Å²) in [6.07, 6.45) is 3.11. The van der Waals surface area contributed by atoms with Gasteiger partial charge >= 0.3 is 0 Å². The van der Waals surface area contributed by atoms with Gasteiger partial charge in [-0.25, -0.2) is 0 Å². The number of methoxy groups -OCH3 is 4. The third-order valence-corrected chi connectivity index (χ3v) is 11.9. The maximum absolute atomic E-state index is 11.9. The van der Waals surface area contributed by atoms with Gasteiger partial charge in [0.1, 0.15) is 10.6 Å². The van der Waals surface area contributed by atoms with Crippen molar-refractivity contribution in [2.24, 2.45) is 0 Å². The Balaban J connectivity index is 1.44. The third kappa shape index (κ3) is 8.48. The lowest BCUT2D eigenvalue weighted by molar-refractivity contribution is 0.290. The summed E-state index contributed by atoms with van der Waals surface area (Å²) in [6, 6.07) is 13.1. The molecular formula is C38H44Br2N2O9S. The molecule has 0 fully saturated rings. The molecule has 1 aliphatic heterocycles. The lowest BCUT2D eigenvalue weighted by Gasteiger charge is -2.30. The smallest absolute Gasteiger partial charge is 0.294 e. The van der Waals surface area contributed by atoms with E-state index in [4.69, 9.17) is 28.4 Å². The molecule has 0 radical (unpaired) electrons. The number of nitrogens with zero attached hydrogens (tertiary/aromatic N) is 1. The summed E-state index contributed by atoms with van der Waals surface area (Å²) >= 11 is 7.18. The molecule has 11 nitrogen and oxygen atoms in total. The predicted molar refractivity (Wildman–Crippen MR) is 207 cm³/mol. The van der Waals surface area contributed by atoms with Crippen molar-refractivity contribution in [2.45, 2.75) is 44.0 Å². The number of halogens is 2. The minimum absolute atomic E-state index is 0.160. The van der Waals surface area contributed by atoms with Gasteiger partial charge in [0.05, 0.1) is 37.4 Å². The Morgan fingerprint density at radius 2 is 1.42 bits per heavy atom. The van der Waals surface area contributed by atoms with Crippen LogP contribution in [-0.2, 0) is 42.3 Å². The second-order valence-electron chi connectivity index (χ2n) is 12.4. The first kappa shape index (κ1) is 39.7. The van der Waals surface area contributed by atoms with E-state index < -0.39 is 10.1 Å². The highest BCUT2D eigenvalue weighted by atomic mass is 79.9. The van der Waals surface area contributed by atoms with E-state index in [1.165, 1.54) is 13.2 Å². The maximum atomic E-state index is 11.9. The van der Waals surface area contributed by atoms with Crippen molar-refractivity contribution >= 4 is 42.0 Å². The highest BCUT2D eigenvalue weighted by Crippen LogP contribution is 2.52. The summed E-state index contributed by atoms with van der Waals surface area (Å²) in [4.78, 5) is 1.99. The first-order chi connectivity index (χ1) is 24.8. The maximum Gasteiger partial charge on any atom is 0.294 e. The monoisotopic (exact) mass is 862 g/mol. The Kier molecular flexibility index (Phi) is 13.0. The number of aryl methyl sites for hydroxylation is 2. The minimum Gasteiger partial charge on any atom is -0.493 e. The number of hydrogen-bond acceptors (Lipinski definition) is 10. The Hall–Kier alpha value is -3.53. The predicted octanol–water partition coefficient (Wildman–Crippen LogP) is 7.92. The summed E-state index contributed by atoms with van der Waals surface area (Å²) in [5.41, 5.74) is 5.85. The van der Waals surface area contributed by atoms with Crippen molar-refractivity contribution in [3.05, 3.63) is 84.8 Å². The Bertz CT molecular complexity index is 2040. The van der Waals surface area contributed by atoms with Crippen LogP contribution in [0.25, 0.3) is 0 Å². The zero-order valence-electron chi connectivity index (χ0n) is 30.3. The van der Waals surface area contributed by atoms with E-state index in [1.807, 2.05) is 31.3 Å². The molecule has 0 spiro atoms. The number of ether oxygens (including phenoxy) is 6. The van der Waals surface area contributed by atoms with Crippen molar-refractivity contribution in [2.75, 3.05) is 55.6 Å². The van der Waals surface area contributed by atoms with Crippen LogP contribution in [0.2, 0.25) is 0 Å². The fourth-order valence-corrected chi connectivity index (χ4v) is 8.48. The van der Waals surface area contributed by atoms with Crippen LogP contribution in [0, 0.1) is 6.92 Å². The van der Waals surface area contributed by atoms with E-state index >= 15 is 0 Å². The van der Waals surface area contributed by atoms with E-state index in [0.717, 1.165) is 71.1 Å². The van der Waals surface area contributed by atoms with Gasteiger partial charge in [0.2, 0.25) is 5.75 Å². The number of rotatable bonds is 15. The van der Waals surface area contributed by atoms with Gasteiger partial charge in [-0.2, -0.15) is 8.42 Å². The summed E-state index contributed by atoms with van der Waals surface area (Å²) < 4.78 is 70.6. The molecule has 0 saturated carbocycles. The van der Waals surface area contributed by atoms with Crippen LogP contribution in [0.1, 0.15) is 33.4 Å². The molecule has 14 heteroatoms. The van der Waals surface area contributed by atoms with Crippen molar-refractivity contribution in [1.29, 1.82) is 0 Å². The average Bonchev–Trinajstić information content (AvgIpc) is 3.12. The van der Waals surface area contributed by atoms with E-state index in [1.54, 1.807) is 28.3 Å². The molecule has 52 heavy (non-hydrogen) atoms. The number of likely N-dealkylation sites (N-methyl/N-ethyl adjacent to an activating group) is 2. The van der Waals surface area contributed by atoms with Crippen molar-refractivity contribution in [3.63, 3.8) is 0 Å². The van der Waals surface area contributed by atoms with Crippen LogP contribution < -0.4 is 33.7 Å². The molecule has 4 aromatic carbocycles. The van der Waals surface area contributed by atoms with Crippen LogP contribution in [0.3, 0.4) is 0 Å². The highest BCUT2D eigenvalue weighted by molar-refractivity contribution is 9.11. The first-order valence-corrected chi connectivity index (χ1v) is 19.6. The van der Waals surface area contributed by atoms with Crippen molar-refractivity contribution in [3.8, 4) is 46.0 Å². The molecule has 2 N–H and O–H groups in total. The molecule has 0 amide bonds. The molecule has 5 rings (SSSR count). The minimum atomic E-state index is -4.46. The Morgan fingerprint density at radius 1 is 0.769 bits per heavy atom. The second kappa shape index (κ2) is 17.1. The van der Waals surface area contributed by atoms with Crippen LogP contribution in [-0.4, -0.2) is 73.5 Å². The standard InChI is InChI=1S/C38H44Br2N2O9S/c1-22-32(52(43,44)45)20-31(47-5)36(33(22)39)50-26-12-9-23(10-13-26)8-11-24-19-30(29(46-4)18-25(24)14-16-41-2)51-35-28-21-42(3)17-15-27(28)34(40)37(48-6)38(35)49-7/h9-10,12-13,18-20,41H,8,11,14-17,21H2,1-7H3,(H,43,44,45). The summed E-state index contributed by atoms with van der Waals surface area (Å²) in [5.74, 6) is 3.92.